The van der Waals surface area contributed by atoms with E-state index in [1.54, 1.807) is 30.3 Å². The number of anilines is 1. The molecule has 0 saturated carbocycles. The number of sulfonamides is 1. The van der Waals surface area contributed by atoms with Crippen LogP contribution in [0.1, 0.15) is 24.0 Å². The fraction of sp³-hybridized carbons (Fsp3) is 0.316. The molecule has 0 atom stereocenters. The normalized spacial score (nSPS) is 11.2. The van der Waals surface area contributed by atoms with E-state index in [0.29, 0.717) is 18.7 Å². The highest BCUT2D eigenvalue weighted by Crippen LogP contribution is 2.19. The van der Waals surface area contributed by atoms with E-state index in [9.17, 15) is 17.6 Å². The predicted molar refractivity (Wildman–Crippen MR) is 101 cm³/mol. The summed E-state index contributed by atoms with van der Waals surface area (Å²) < 4.78 is 38.3. The minimum absolute atomic E-state index is 0.174. The van der Waals surface area contributed by atoms with Crippen LogP contribution in [0.3, 0.4) is 0 Å². The first-order chi connectivity index (χ1) is 12.3. The maximum Gasteiger partial charge on any atom is 0.232 e. The third-order valence-electron chi connectivity index (χ3n) is 3.86. The Morgan fingerprint density at radius 1 is 1.15 bits per heavy atom. The van der Waals surface area contributed by atoms with E-state index in [1.807, 2.05) is 13.0 Å². The first kappa shape index (κ1) is 19.9. The number of carbonyl (C=O) groups excluding carboxylic acids is 1. The number of carbonyl (C=O) groups is 1. The van der Waals surface area contributed by atoms with Crippen LogP contribution < -0.4 is 9.62 Å². The van der Waals surface area contributed by atoms with Gasteiger partial charge in [-0.25, -0.2) is 12.8 Å². The van der Waals surface area contributed by atoms with Gasteiger partial charge in [-0.05, 0) is 48.7 Å². The number of amides is 1. The molecule has 0 spiro atoms. The molecule has 0 aromatic heterocycles. The zero-order valence-corrected chi connectivity index (χ0v) is 15.7. The summed E-state index contributed by atoms with van der Waals surface area (Å²) in [6.07, 6.45) is 1.76. The summed E-state index contributed by atoms with van der Waals surface area (Å²) in [5, 5.41) is 2.75. The molecule has 0 radical (unpaired) electrons. The van der Waals surface area contributed by atoms with Crippen LogP contribution in [0.5, 0.6) is 0 Å². The van der Waals surface area contributed by atoms with Crippen molar-refractivity contribution in [2.75, 3.05) is 17.1 Å². The third-order valence-corrected chi connectivity index (χ3v) is 5.05. The van der Waals surface area contributed by atoms with E-state index in [-0.39, 0.29) is 24.7 Å². The van der Waals surface area contributed by atoms with Gasteiger partial charge in [0.05, 0.1) is 11.9 Å². The number of aryl methyl sites for hydroxylation is 1. The quantitative estimate of drug-likeness (QED) is 0.768. The van der Waals surface area contributed by atoms with Gasteiger partial charge in [0, 0.05) is 19.5 Å². The molecule has 0 unspecified atom stereocenters. The number of benzene rings is 2. The van der Waals surface area contributed by atoms with Gasteiger partial charge in [-0.1, -0.05) is 24.3 Å². The van der Waals surface area contributed by atoms with Gasteiger partial charge in [0.25, 0.3) is 0 Å². The highest BCUT2D eigenvalue weighted by atomic mass is 32.2. The van der Waals surface area contributed by atoms with E-state index in [1.165, 1.54) is 16.4 Å². The lowest BCUT2D eigenvalue weighted by Crippen LogP contribution is -2.32. The Balaban J connectivity index is 1.87. The molecular weight excluding hydrogens is 355 g/mol. The summed E-state index contributed by atoms with van der Waals surface area (Å²) in [6, 6.07) is 13.1. The molecule has 0 aliphatic heterocycles. The number of hydrogen-bond donors (Lipinski definition) is 1. The summed E-state index contributed by atoms with van der Waals surface area (Å²) in [5.41, 5.74) is 2.37. The lowest BCUT2D eigenvalue weighted by atomic mass is 10.2. The Bertz CT molecular complexity index is 851. The monoisotopic (exact) mass is 378 g/mol. The minimum Gasteiger partial charge on any atom is -0.352 e. The standard InChI is InChI=1S/C19H23FN2O3S/c1-15-5-3-6-18(13-15)22(26(2,24)25)12-4-7-19(23)21-14-16-8-10-17(20)11-9-16/h3,5-6,8-11,13H,4,7,12,14H2,1-2H3,(H,21,23). The number of rotatable bonds is 8. The fourth-order valence-electron chi connectivity index (χ4n) is 2.54. The molecule has 0 aliphatic rings. The second-order valence-corrected chi connectivity index (χ2v) is 8.09. The van der Waals surface area contributed by atoms with Crippen LogP contribution in [0.25, 0.3) is 0 Å². The van der Waals surface area contributed by atoms with Crippen LogP contribution in [0, 0.1) is 12.7 Å². The average Bonchev–Trinajstić information content (AvgIpc) is 2.57. The third kappa shape index (κ3) is 6.15. The van der Waals surface area contributed by atoms with E-state index in [4.69, 9.17) is 0 Å². The number of nitrogens with one attached hydrogen (secondary N) is 1. The minimum atomic E-state index is -3.43. The molecule has 7 heteroatoms. The highest BCUT2D eigenvalue weighted by molar-refractivity contribution is 7.92. The van der Waals surface area contributed by atoms with Gasteiger partial charge in [0.2, 0.25) is 15.9 Å². The van der Waals surface area contributed by atoms with Gasteiger partial charge in [-0.15, -0.1) is 0 Å². The highest BCUT2D eigenvalue weighted by Gasteiger charge is 2.17. The van der Waals surface area contributed by atoms with Gasteiger partial charge in [0.1, 0.15) is 5.82 Å². The van der Waals surface area contributed by atoms with Gasteiger partial charge in [-0.2, -0.15) is 0 Å². The van der Waals surface area contributed by atoms with Gasteiger partial charge in [0.15, 0.2) is 0 Å². The second kappa shape index (κ2) is 8.80. The SMILES string of the molecule is Cc1cccc(N(CCCC(=O)NCc2ccc(F)cc2)S(C)(=O)=O)c1. The van der Waals surface area contributed by atoms with Crippen LogP contribution >= 0.6 is 0 Å². The molecule has 1 N–H and O–H groups in total. The Morgan fingerprint density at radius 2 is 1.85 bits per heavy atom. The van der Waals surface area contributed by atoms with Crippen molar-refractivity contribution in [3.8, 4) is 0 Å². The molecule has 0 heterocycles. The molecule has 140 valence electrons. The van der Waals surface area contributed by atoms with Crippen LogP contribution in [-0.4, -0.2) is 27.1 Å². The molecule has 2 aromatic carbocycles. The average molecular weight is 378 g/mol. The molecule has 0 fully saturated rings. The summed E-state index contributed by atoms with van der Waals surface area (Å²) >= 11 is 0. The zero-order chi connectivity index (χ0) is 19.2. The molecule has 26 heavy (non-hydrogen) atoms. The Morgan fingerprint density at radius 3 is 2.46 bits per heavy atom. The summed E-state index contributed by atoms with van der Waals surface area (Å²) in [6.45, 7) is 2.44. The topological polar surface area (TPSA) is 66.5 Å². The Labute approximate surface area is 153 Å². The van der Waals surface area contributed by atoms with Crippen molar-refractivity contribution < 1.29 is 17.6 Å². The van der Waals surface area contributed by atoms with E-state index >= 15 is 0 Å². The first-order valence-electron chi connectivity index (χ1n) is 8.31. The number of nitrogens with zero attached hydrogens (tertiary/aromatic N) is 1. The molecular formula is C19H23FN2O3S. The molecule has 0 bridgehead atoms. The lowest BCUT2D eigenvalue weighted by Gasteiger charge is -2.22. The van der Waals surface area contributed by atoms with Crippen LogP contribution in [-0.2, 0) is 21.4 Å². The predicted octanol–water partition coefficient (Wildman–Crippen LogP) is 3.00. The van der Waals surface area contributed by atoms with E-state index < -0.39 is 10.0 Å². The summed E-state index contributed by atoms with van der Waals surface area (Å²) in [7, 11) is -3.43. The molecule has 2 rings (SSSR count). The van der Waals surface area contributed by atoms with Crippen molar-refractivity contribution in [1.82, 2.24) is 5.32 Å². The smallest absolute Gasteiger partial charge is 0.232 e. The summed E-state index contributed by atoms with van der Waals surface area (Å²) in [5.74, 6) is -0.496. The molecule has 2 aromatic rings. The molecule has 5 nitrogen and oxygen atoms in total. The van der Waals surface area contributed by atoms with Crippen molar-refractivity contribution in [2.45, 2.75) is 26.3 Å². The largest absolute Gasteiger partial charge is 0.352 e. The van der Waals surface area contributed by atoms with Crippen LogP contribution in [0.15, 0.2) is 48.5 Å². The van der Waals surface area contributed by atoms with Crippen molar-refractivity contribution in [2.24, 2.45) is 0 Å². The van der Waals surface area contributed by atoms with E-state index in [2.05, 4.69) is 5.32 Å². The maximum atomic E-state index is 12.8. The van der Waals surface area contributed by atoms with Gasteiger partial charge >= 0.3 is 0 Å². The maximum absolute atomic E-state index is 12.8. The van der Waals surface area contributed by atoms with Gasteiger partial charge < -0.3 is 5.32 Å². The zero-order valence-electron chi connectivity index (χ0n) is 14.9. The fourth-order valence-corrected chi connectivity index (χ4v) is 3.50. The van der Waals surface area contributed by atoms with Crippen molar-refractivity contribution in [3.05, 3.63) is 65.5 Å². The second-order valence-electron chi connectivity index (χ2n) is 6.18. The first-order valence-corrected chi connectivity index (χ1v) is 10.2. The molecule has 0 aliphatic carbocycles. The van der Waals surface area contributed by atoms with E-state index in [0.717, 1.165) is 17.4 Å². The molecule has 0 saturated heterocycles. The Kier molecular flexibility index (Phi) is 6.74. The lowest BCUT2D eigenvalue weighted by molar-refractivity contribution is -0.121. The van der Waals surface area contributed by atoms with Crippen molar-refractivity contribution in [3.63, 3.8) is 0 Å². The Hall–Kier alpha value is -2.41. The van der Waals surface area contributed by atoms with Crippen molar-refractivity contribution in [1.29, 1.82) is 0 Å². The number of hydrogen-bond acceptors (Lipinski definition) is 3. The van der Waals surface area contributed by atoms with Gasteiger partial charge in [-0.3, -0.25) is 9.10 Å². The molecule has 1 amide bonds. The number of halogens is 1. The van der Waals surface area contributed by atoms with Crippen LogP contribution in [0.4, 0.5) is 10.1 Å². The summed E-state index contributed by atoms with van der Waals surface area (Å²) in [4.78, 5) is 12.0. The van der Waals surface area contributed by atoms with Crippen molar-refractivity contribution >= 4 is 21.6 Å². The van der Waals surface area contributed by atoms with Crippen LogP contribution in [0.2, 0.25) is 0 Å².